The minimum Gasteiger partial charge on any atom is -0.318 e. The van der Waals surface area contributed by atoms with Crippen molar-refractivity contribution in [1.82, 2.24) is 54.0 Å². The largest absolute Gasteiger partial charge is 0.318 e. The fourth-order valence-electron chi connectivity index (χ4n) is 23.2. The van der Waals surface area contributed by atoms with Gasteiger partial charge in [-0.1, -0.05) is 325 Å². The van der Waals surface area contributed by atoms with Crippen LogP contribution in [-0.2, 0) is 10.8 Å². The van der Waals surface area contributed by atoms with Crippen molar-refractivity contribution in [1.29, 1.82) is 0 Å². The van der Waals surface area contributed by atoms with Crippen molar-refractivity contribution in [3.05, 3.63) is 514 Å². The van der Waals surface area contributed by atoms with Gasteiger partial charge in [-0.3, -0.25) is 29.9 Å². The Morgan fingerprint density at radius 3 is 1.26 bits per heavy atom. The molecule has 29 rings (SSSR count). The lowest BCUT2D eigenvalue weighted by Gasteiger charge is -2.28. The quantitative estimate of drug-likeness (QED) is 0.103. The molecule has 12 nitrogen and oxygen atoms in total. The molecule has 0 N–H and O–H groups in total. The lowest BCUT2D eigenvalue weighted by Crippen LogP contribution is -2.28. The second-order valence-electron chi connectivity index (χ2n) is 39.5. The Balaban J connectivity index is 0.000000110. The lowest BCUT2D eigenvalue weighted by atomic mass is 9.81. The summed E-state index contributed by atoms with van der Waals surface area (Å²) in [5.74, 6) is 1.32. The van der Waals surface area contributed by atoms with Crippen LogP contribution in [0.3, 0.4) is 0 Å². The van der Waals surface area contributed by atoms with Gasteiger partial charge in [-0.15, -0.1) is 0 Å². The van der Waals surface area contributed by atoms with Crippen LogP contribution in [0.2, 0.25) is 0 Å². The van der Waals surface area contributed by atoms with Crippen molar-refractivity contribution < 1.29 is 0 Å². The molecular weight excluding hydrogens is 1790 g/mol. The molecule has 0 amide bonds. The smallest absolute Gasteiger partial charge is 0.137 e. The zero-order chi connectivity index (χ0) is 98.0. The minimum atomic E-state index is -0.0266. The monoisotopic (exact) mass is 1880 g/mol. The second kappa shape index (κ2) is 35.6. The summed E-state index contributed by atoms with van der Waals surface area (Å²) in [6.45, 7) is 9.26. The summed E-state index contributed by atoms with van der Waals surface area (Å²) < 4.78 is 4.60. The molecule has 0 saturated heterocycles. The number of para-hydroxylation sites is 2. The molecule has 1 aliphatic heterocycles. The van der Waals surface area contributed by atoms with Crippen LogP contribution >= 0.6 is 0 Å². The molecule has 0 spiro atoms. The zero-order valence-electron chi connectivity index (χ0n) is 81.2. The Hall–Kier alpha value is -18.9. The van der Waals surface area contributed by atoms with Crippen LogP contribution in [0.5, 0.6) is 0 Å². The van der Waals surface area contributed by atoms with Crippen LogP contribution in [-0.4, -0.2) is 60.0 Å². The fraction of sp³-hybridized carbons (Fsp3) is 0.0593. The van der Waals surface area contributed by atoms with E-state index in [1.54, 1.807) is 0 Å². The highest BCUT2D eigenvalue weighted by molar-refractivity contribution is 6.22. The molecule has 694 valence electrons. The number of nitrogens with zero attached hydrogens (tertiary/aromatic N) is 12. The molecule has 12 heterocycles. The number of hydrogen-bond donors (Lipinski definition) is 0. The van der Waals surface area contributed by atoms with E-state index in [1.165, 1.54) is 116 Å². The van der Waals surface area contributed by atoms with Gasteiger partial charge in [-0.05, 0) is 250 Å². The van der Waals surface area contributed by atoms with Crippen LogP contribution in [0.15, 0.2) is 486 Å². The summed E-state index contributed by atoms with van der Waals surface area (Å²) >= 11 is 0. The summed E-state index contributed by atoms with van der Waals surface area (Å²) in [4.78, 5) is 46.0. The Morgan fingerprint density at radius 2 is 0.673 bits per heavy atom. The number of hydrogen-bond acceptors (Lipinski definition) is 10. The average molecular weight is 1880 g/mol. The molecule has 2 unspecified atom stereocenters. The Kier molecular flexibility index (Phi) is 21.1. The highest BCUT2D eigenvalue weighted by Gasteiger charge is 2.40. The highest BCUT2D eigenvalue weighted by atomic mass is 15.2. The molecule has 0 radical (unpaired) electrons. The molecule has 12 heteroatoms. The van der Waals surface area contributed by atoms with Gasteiger partial charge in [-0.25, -0.2) is 15.0 Å². The molecule has 25 aromatic rings. The maximum Gasteiger partial charge on any atom is 0.137 e. The SMILES string of the molecule is C1=CC2c3cccnc3N(c3ccc(-c4cccc(-c5cccc(-c6c7ccccc7c(-c7ccc8ccccc8c7)c7ccccc67)n5)n4)cc3)C2C=C1.CC1(C)c2ccccc2-c2ccc(-c3ccc(-c4ccc(-c5cccc(-n6c7ccccc7c7cnccc76)c5)cn4)nc3)cc21.CC1(C)c2ccccc2-c2ccc(-c3ccc(-c4ccc(-c5cccc(-n6c7ccccc7c7ncccc76)c5)cn4)nc3)cc21. The number of pyridine rings is 9. The van der Waals surface area contributed by atoms with E-state index in [1.807, 2.05) is 61.7 Å². The van der Waals surface area contributed by atoms with E-state index in [0.29, 0.717) is 5.92 Å². The zero-order valence-corrected chi connectivity index (χ0v) is 81.2. The van der Waals surface area contributed by atoms with Crippen LogP contribution in [0.25, 0.3) is 222 Å². The van der Waals surface area contributed by atoms with E-state index in [4.69, 9.17) is 34.9 Å². The van der Waals surface area contributed by atoms with Gasteiger partial charge in [0.05, 0.1) is 79.2 Å². The van der Waals surface area contributed by atoms with Gasteiger partial charge in [0.1, 0.15) is 5.82 Å². The minimum absolute atomic E-state index is 0.0264. The number of aromatic nitrogens is 11. The number of rotatable bonds is 13. The summed E-state index contributed by atoms with van der Waals surface area (Å²) in [6.07, 6.45) is 24.2. The fourth-order valence-corrected chi connectivity index (χ4v) is 23.2. The van der Waals surface area contributed by atoms with Gasteiger partial charge in [0.2, 0.25) is 0 Å². The predicted molar refractivity (Wildman–Crippen MR) is 604 cm³/mol. The molecule has 3 aliphatic carbocycles. The average Bonchev–Trinajstić information content (AvgIpc) is 1.56. The molecule has 4 aliphatic rings. The summed E-state index contributed by atoms with van der Waals surface area (Å²) in [7, 11) is 0. The second-order valence-corrected chi connectivity index (χ2v) is 39.5. The van der Waals surface area contributed by atoms with Gasteiger partial charge in [0, 0.05) is 138 Å². The van der Waals surface area contributed by atoms with Crippen LogP contribution in [0.4, 0.5) is 11.5 Å². The Labute approximate surface area is 851 Å². The van der Waals surface area contributed by atoms with Crippen molar-refractivity contribution in [3.8, 4) is 146 Å². The maximum absolute atomic E-state index is 5.33. The van der Waals surface area contributed by atoms with Crippen molar-refractivity contribution >= 4 is 87.6 Å². The summed E-state index contributed by atoms with van der Waals surface area (Å²) in [5.41, 5.74) is 41.4. The number of allylic oxidation sites excluding steroid dienone is 2. The topological polar surface area (TPSA) is 129 Å². The van der Waals surface area contributed by atoms with Gasteiger partial charge in [0.15, 0.2) is 0 Å². The van der Waals surface area contributed by atoms with E-state index < -0.39 is 0 Å². The van der Waals surface area contributed by atoms with Crippen LogP contribution < -0.4 is 4.90 Å². The van der Waals surface area contributed by atoms with Crippen LogP contribution in [0.1, 0.15) is 61.4 Å². The van der Waals surface area contributed by atoms with E-state index >= 15 is 0 Å². The first-order valence-corrected chi connectivity index (χ1v) is 50.2. The first-order chi connectivity index (χ1) is 72.4. The predicted octanol–water partition coefficient (Wildman–Crippen LogP) is 33.3. The number of fused-ring (bicyclic) bond motifs is 18. The van der Waals surface area contributed by atoms with Crippen molar-refractivity contribution in [3.63, 3.8) is 0 Å². The lowest BCUT2D eigenvalue weighted by molar-refractivity contribution is 0.660. The van der Waals surface area contributed by atoms with Crippen molar-refractivity contribution in [2.45, 2.75) is 50.5 Å². The van der Waals surface area contributed by atoms with Gasteiger partial charge in [0.25, 0.3) is 0 Å². The number of anilines is 2. The van der Waals surface area contributed by atoms with Gasteiger partial charge in [-0.2, -0.15) is 0 Å². The van der Waals surface area contributed by atoms with E-state index in [0.717, 1.165) is 146 Å². The van der Waals surface area contributed by atoms with Crippen molar-refractivity contribution in [2.24, 2.45) is 0 Å². The van der Waals surface area contributed by atoms with E-state index in [2.05, 4.69) is 476 Å². The molecule has 0 saturated carbocycles. The standard InChI is InChI=1S/C51H34N4.2C42H30N4/c1-2-13-35-32-36(26-25-33(35)12-1)49-39-15-3-5-17-41(39)50(42-18-6-4-16-40(42)49)47-23-10-22-46(54-47)45-21-9-20-44(53-45)34-27-29-37(30-28-34)55-48-24-8-7-14-38(48)43-19-11-31-52-51(43)55;1-42(2)35-13-5-3-11-32(35)33-19-16-28(24-36(33)42)30-18-21-38(45-26-30)37-20-17-29(25-44-37)27-9-7-10-31(23-27)46-39-14-6-4-12-34(39)41-40(46)15-8-22-43-41;1-42(2)36-12-5-3-10-32(36)33-17-14-28(23-37(33)42)30-16-19-39(45-25-30)38-18-15-29(24-44-38)27-8-7-9-31(22-27)46-40-13-6-4-11-34(40)35-26-43-21-20-41(35)46/h1-32,38,48H;2*3-26H,1-2H3. The Morgan fingerprint density at radius 1 is 0.238 bits per heavy atom. The third kappa shape index (κ3) is 15.1. The number of benzene rings is 14. The molecular formula is C135H94N12. The van der Waals surface area contributed by atoms with Gasteiger partial charge >= 0.3 is 0 Å². The molecule has 11 aromatic heterocycles. The van der Waals surface area contributed by atoms with Crippen LogP contribution in [0, 0.1) is 0 Å². The van der Waals surface area contributed by atoms with E-state index in [-0.39, 0.29) is 16.9 Å². The van der Waals surface area contributed by atoms with E-state index in [9.17, 15) is 0 Å². The maximum atomic E-state index is 5.33. The van der Waals surface area contributed by atoms with Crippen molar-refractivity contribution in [2.75, 3.05) is 4.90 Å². The molecule has 147 heavy (non-hydrogen) atoms. The first kappa shape index (κ1) is 87.1. The summed E-state index contributed by atoms with van der Waals surface area (Å²) in [5, 5.41) is 10.8. The Bertz CT molecular complexity index is 9120. The third-order valence-corrected chi connectivity index (χ3v) is 30.4. The highest BCUT2D eigenvalue weighted by Crippen LogP contribution is 2.54. The first-order valence-electron chi connectivity index (χ1n) is 50.2. The normalized spacial score (nSPS) is 14.2. The molecule has 14 aromatic carbocycles. The molecule has 0 fully saturated rings. The summed E-state index contributed by atoms with van der Waals surface area (Å²) in [6, 6.07) is 147. The van der Waals surface area contributed by atoms with Gasteiger partial charge < -0.3 is 14.0 Å². The molecule has 2 atom stereocenters. The molecule has 0 bridgehead atoms. The third-order valence-electron chi connectivity index (χ3n) is 30.4.